The predicted molar refractivity (Wildman–Crippen MR) is 123 cm³/mol. The average molecular weight is 454 g/mol. The van der Waals surface area contributed by atoms with Gasteiger partial charge in [-0.3, -0.25) is 9.59 Å². The maximum Gasteiger partial charge on any atom is 0.295 e. The van der Waals surface area contributed by atoms with E-state index in [1.165, 1.54) is 4.90 Å². The number of Topliss-reactive ketones (excluding diaryl/α,β-unsaturated/α-hetero) is 1. The normalized spacial score (nSPS) is 24.4. The van der Waals surface area contributed by atoms with Crippen LogP contribution in [0.2, 0.25) is 0 Å². The molecular formula is C25H27NO5S. The molecule has 6 nitrogen and oxygen atoms in total. The third kappa shape index (κ3) is 3.97. The maximum absolute atomic E-state index is 13.1. The fourth-order valence-corrected chi connectivity index (χ4v) is 6.19. The van der Waals surface area contributed by atoms with Crippen molar-refractivity contribution in [2.45, 2.75) is 45.2 Å². The van der Waals surface area contributed by atoms with E-state index in [1.54, 1.807) is 12.1 Å². The zero-order chi connectivity index (χ0) is 23.2. The van der Waals surface area contributed by atoms with Crippen LogP contribution in [-0.2, 0) is 19.4 Å². The lowest BCUT2D eigenvalue weighted by atomic mass is 9.92. The van der Waals surface area contributed by atoms with Crippen molar-refractivity contribution in [3.8, 4) is 0 Å². The molecule has 2 aliphatic heterocycles. The molecule has 0 spiro atoms. The number of nitrogens with zero attached hydrogens (tertiary/aromatic N) is 1. The van der Waals surface area contributed by atoms with Gasteiger partial charge in [0.15, 0.2) is 9.84 Å². The molecule has 0 saturated carbocycles. The van der Waals surface area contributed by atoms with Crippen LogP contribution in [0.3, 0.4) is 0 Å². The molecular weight excluding hydrogens is 426 g/mol. The smallest absolute Gasteiger partial charge is 0.295 e. The second kappa shape index (κ2) is 8.20. The van der Waals surface area contributed by atoms with Crippen LogP contribution < -0.4 is 0 Å². The van der Waals surface area contributed by atoms with Gasteiger partial charge in [0.25, 0.3) is 11.7 Å². The van der Waals surface area contributed by atoms with Gasteiger partial charge < -0.3 is 10.0 Å². The summed E-state index contributed by atoms with van der Waals surface area (Å²) in [5.41, 5.74) is 3.22. The molecule has 168 valence electrons. The summed E-state index contributed by atoms with van der Waals surface area (Å²) in [7, 11) is -3.28. The van der Waals surface area contributed by atoms with E-state index < -0.39 is 33.6 Å². The summed E-state index contributed by atoms with van der Waals surface area (Å²) in [5.74, 6) is -1.68. The van der Waals surface area contributed by atoms with Crippen LogP contribution in [-0.4, -0.2) is 47.7 Å². The van der Waals surface area contributed by atoms with Crippen LogP contribution in [0.5, 0.6) is 0 Å². The largest absolute Gasteiger partial charge is 0.507 e. The van der Waals surface area contributed by atoms with Gasteiger partial charge in [-0.05, 0) is 30.4 Å². The van der Waals surface area contributed by atoms with Crippen LogP contribution in [0.15, 0.2) is 54.1 Å². The van der Waals surface area contributed by atoms with Crippen molar-refractivity contribution in [3.05, 3.63) is 76.4 Å². The van der Waals surface area contributed by atoms with Gasteiger partial charge in [0.1, 0.15) is 5.76 Å². The minimum atomic E-state index is -3.28. The number of carbonyl (C=O) groups excluding carboxylic acids is 2. The average Bonchev–Trinajstić information content (AvgIpc) is 3.24. The van der Waals surface area contributed by atoms with Gasteiger partial charge in [-0.25, -0.2) is 8.42 Å². The summed E-state index contributed by atoms with van der Waals surface area (Å²) < 4.78 is 24.3. The molecule has 0 aliphatic carbocycles. The summed E-state index contributed by atoms with van der Waals surface area (Å²) in [6, 6.07) is 13.2. The van der Waals surface area contributed by atoms with Crippen molar-refractivity contribution in [2.24, 2.45) is 0 Å². The van der Waals surface area contributed by atoms with Crippen molar-refractivity contribution in [1.29, 1.82) is 0 Å². The number of hydrogen-bond acceptors (Lipinski definition) is 5. The molecule has 2 fully saturated rings. The number of rotatable bonds is 4. The molecule has 2 saturated heterocycles. The molecule has 4 rings (SSSR count). The van der Waals surface area contributed by atoms with Gasteiger partial charge in [0.2, 0.25) is 0 Å². The van der Waals surface area contributed by atoms with Gasteiger partial charge in [-0.1, -0.05) is 67.9 Å². The SMILES string of the molecule is Cc1ccc(/C(O)=C2\C(=O)C(=O)N(C3CCS(=O)(=O)C3)C2c2ccc(C(C)C)cc2)cc1. The highest BCUT2D eigenvalue weighted by Gasteiger charge is 2.50. The van der Waals surface area contributed by atoms with E-state index in [9.17, 15) is 23.1 Å². The number of hydrogen-bond donors (Lipinski definition) is 1. The second-order valence-corrected chi connectivity index (χ2v) is 11.2. The number of aryl methyl sites for hydroxylation is 1. The number of likely N-dealkylation sites (tertiary alicyclic amines) is 1. The van der Waals surface area contributed by atoms with E-state index >= 15 is 0 Å². The Morgan fingerprint density at radius 1 is 1.03 bits per heavy atom. The predicted octanol–water partition coefficient (Wildman–Crippen LogP) is 3.73. The highest BCUT2D eigenvalue weighted by molar-refractivity contribution is 7.91. The second-order valence-electron chi connectivity index (χ2n) is 8.95. The zero-order valence-electron chi connectivity index (χ0n) is 18.4. The Balaban J connectivity index is 1.87. The van der Waals surface area contributed by atoms with Crippen molar-refractivity contribution in [2.75, 3.05) is 11.5 Å². The molecule has 7 heteroatoms. The van der Waals surface area contributed by atoms with E-state index in [4.69, 9.17) is 0 Å². The lowest BCUT2D eigenvalue weighted by molar-refractivity contribution is -0.141. The first kappa shape index (κ1) is 22.3. The van der Waals surface area contributed by atoms with Crippen LogP contribution in [0.4, 0.5) is 0 Å². The summed E-state index contributed by atoms with van der Waals surface area (Å²) in [6.45, 7) is 6.06. The molecule has 0 radical (unpaired) electrons. The summed E-state index contributed by atoms with van der Waals surface area (Å²) in [6.07, 6.45) is 0.278. The zero-order valence-corrected chi connectivity index (χ0v) is 19.2. The first-order valence-electron chi connectivity index (χ1n) is 10.8. The number of aliphatic hydroxyl groups excluding tert-OH is 1. The number of ketones is 1. The van der Waals surface area contributed by atoms with Gasteiger partial charge in [0.05, 0.1) is 23.1 Å². The summed E-state index contributed by atoms with van der Waals surface area (Å²) >= 11 is 0. The van der Waals surface area contributed by atoms with E-state index in [0.29, 0.717) is 17.0 Å². The molecule has 1 amide bonds. The minimum Gasteiger partial charge on any atom is -0.507 e. The molecule has 2 heterocycles. The van der Waals surface area contributed by atoms with Crippen LogP contribution >= 0.6 is 0 Å². The Morgan fingerprint density at radius 2 is 1.66 bits per heavy atom. The first-order valence-corrected chi connectivity index (χ1v) is 12.6. The highest BCUT2D eigenvalue weighted by atomic mass is 32.2. The lowest BCUT2D eigenvalue weighted by Gasteiger charge is -2.30. The topological polar surface area (TPSA) is 91.8 Å². The Kier molecular flexibility index (Phi) is 5.71. The first-order chi connectivity index (χ1) is 15.1. The van der Waals surface area contributed by atoms with Crippen molar-refractivity contribution in [1.82, 2.24) is 4.90 Å². The molecule has 1 N–H and O–H groups in total. The Bertz CT molecular complexity index is 1190. The maximum atomic E-state index is 13.1. The number of amides is 1. The van der Waals surface area contributed by atoms with E-state index in [1.807, 2.05) is 43.3 Å². The number of benzene rings is 2. The third-order valence-corrected chi connectivity index (χ3v) is 8.08. The van der Waals surface area contributed by atoms with E-state index in [-0.39, 0.29) is 29.3 Å². The number of aliphatic hydroxyl groups is 1. The van der Waals surface area contributed by atoms with Crippen LogP contribution in [0.25, 0.3) is 5.76 Å². The fraction of sp³-hybridized carbons (Fsp3) is 0.360. The molecule has 2 aromatic carbocycles. The molecule has 32 heavy (non-hydrogen) atoms. The van der Waals surface area contributed by atoms with Crippen molar-refractivity contribution < 1.29 is 23.1 Å². The van der Waals surface area contributed by atoms with E-state index in [0.717, 1.165) is 11.1 Å². The molecule has 2 atom stereocenters. The number of sulfone groups is 1. The summed E-state index contributed by atoms with van der Waals surface area (Å²) in [5, 5.41) is 11.1. The van der Waals surface area contributed by atoms with Gasteiger partial charge in [0, 0.05) is 11.6 Å². The highest BCUT2D eigenvalue weighted by Crippen LogP contribution is 2.42. The van der Waals surface area contributed by atoms with E-state index in [2.05, 4.69) is 13.8 Å². The Labute approximate surface area is 188 Å². The van der Waals surface area contributed by atoms with Gasteiger partial charge in [-0.2, -0.15) is 0 Å². The lowest BCUT2D eigenvalue weighted by Crippen LogP contribution is -2.40. The third-order valence-electron chi connectivity index (χ3n) is 6.33. The van der Waals surface area contributed by atoms with Gasteiger partial charge >= 0.3 is 0 Å². The van der Waals surface area contributed by atoms with Gasteiger partial charge in [-0.15, -0.1) is 0 Å². The molecule has 0 aromatic heterocycles. The van der Waals surface area contributed by atoms with Crippen molar-refractivity contribution >= 4 is 27.3 Å². The molecule has 2 unspecified atom stereocenters. The van der Waals surface area contributed by atoms with Crippen molar-refractivity contribution in [3.63, 3.8) is 0 Å². The Morgan fingerprint density at radius 3 is 2.19 bits per heavy atom. The standard InChI is InChI=1S/C25H27NO5S/c1-15(2)17-8-10-18(11-9-17)22-21(23(27)19-6-4-16(3)5-7-19)24(28)25(29)26(22)20-12-13-32(30,31)14-20/h4-11,15,20,22,27H,12-14H2,1-3H3/b23-21+. The molecule has 2 aromatic rings. The van der Waals surface area contributed by atoms with Crippen LogP contribution in [0, 0.1) is 6.92 Å². The minimum absolute atomic E-state index is 0.000415. The molecule has 0 bridgehead atoms. The van der Waals surface area contributed by atoms with Crippen LogP contribution in [0.1, 0.15) is 54.5 Å². The summed E-state index contributed by atoms with van der Waals surface area (Å²) in [4.78, 5) is 27.6. The Hall–Kier alpha value is -2.93. The quantitative estimate of drug-likeness (QED) is 0.433. The number of carbonyl (C=O) groups is 2. The fourth-order valence-electron chi connectivity index (χ4n) is 4.48. The monoisotopic (exact) mass is 453 g/mol. The molecule has 2 aliphatic rings.